The summed E-state index contributed by atoms with van der Waals surface area (Å²) in [7, 11) is 0. The Kier molecular flexibility index (Phi) is 3.23. The Hall–Kier alpha value is -0.0800. The molecule has 2 heteroatoms. The molecule has 2 atom stereocenters. The quantitative estimate of drug-likeness (QED) is 0.648. The average Bonchev–Trinajstić information content (AvgIpc) is 2.19. The van der Waals surface area contributed by atoms with Gasteiger partial charge >= 0.3 is 0 Å². The monoisotopic (exact) mass is 183 g/mol. The molecule has 0 radical (unpaired) electrons. The van der Waals surface area contributed by atoms with Gasteiger partial charge in [-0.05, 0) is 44.7 Å². The molecule has 0 amide bonds. The zero-order valence-electron chi connectivity index (χ0n) is 8.67. The summed E-state index contributed by atoms with van der Waals surface area (Å²) in [5.41, 5.74) is 0. The van der Waals surface area contributed by atoms with Crippen LogP contribution in [0.4, 0.5) is 0 Å². The Morgan fingerprint density at radius 3 is 3.15 bits per heavy atom. The lowest BCUT2D eigenvalue weighted by molar-refractivity contribution is -0.0352. The van der Waals surface area contributed by atoms with Gasteiger partial charge in [-0.15, -0.1) is 0 Å². The third-order valence-corrected chi connectivity index (χ3v) is 3.43. The second-order valence-corrected chi connectivity index (χ2v) is 4.37. The molecule has 2 saturated heterocycles. The molecule has 0 N–H and O–H groups in total. The van der Waals surface area contributed by atoms with Crippen LogP contribution in [0, 0.1) is 5.92 Å². The number of ether oxygens (including phenoxy) is 1. The van der Waals surface area contributed by atoms with Crippen molar-refractivity contribution in [3.8, 4) is 0 Å². The highest BCUT2D eigenvalue weighted by atomic mass is 16.5. The Labute approximate surface area is 81.3 Å². The molecule has 2 fully saturated rings. The van der Waals surface area contributed by atoms with Crippen molar-refractivity contribution in [2.75, 3.05) is 26.3 Å². The number of hydrogen-bond donors (Lipinski definition) is 0. The molecule has 0 bridgehead atoms. The van der Waals surface area contributed by atoms with Crippen LogP contribution in [0.1, 0.15) is 32.6 Å². The SMILES string of the molecule is CCCN1CCC[C@H]2COCC[C@H]21. The smallest absolute Gasteiger partial charge is 0.0509 e. The molecule has 13 heavy (non-hydrogen) atoms. The van der Waals surface area contributed by atoms with E-state index in [0.29, 0.717) is 0 Å². The lowest BCUT2D eigenvalue weighted by Gasteiger charge is -2.43. The van der Waals surface area contributed by atoms with Crippen molar-refractivity contribution in [3.63, 3.8) is 0 Å². The maximum atomic E-state index is 5.54. The van der Waals surface area contributed by atoms with E-state index in [9.17, 15) is 0 Å². The second-order valence-electron chi connectivity index (χ2n) is 4.37. The fourth-order valence-corrected chi connectivity index (χ4v) is 2.83. The number of piperidine rings is 1. The van der Waals surface area contributed by atoms with Crippen LogP contribution in [0.15, 0.2) is 0 Å². The number of fused-ring (bicyclic) bond motifs is 1. The number of hydrogen-bond acceptors (Lipinski definition) is 2. The van der Waals surface area contributed by atoms with Crippen LogP contribution in [-0.2, 0) is 4.74 Å². The van der Waals surface area contributed by atoms with Gasteiger partial charge in [0.15, 0.2) is 0 Å². The zero-order chi connectivity index (χ0) is 9.10. The van der Waals surface area contributed by atoms with E-state index in [0.717, 1.165) is 25.2 Å². The van der Waals surface area contributed by atoms with Crippen molar-refractivity contribution in [3.05, 3.63) is 0 Å². The first-order valence-electron chi connectivity index (χ1n) is 5.73. The lowest BCUT2D eigenvalue weighted by atomic mass is 9.86. The molecule has 0 aliphatic carbocycles. The van der Waals surface area contributed by atoms with Crippen molar-refractivity contribution in [1.82, 2.24) is 4.90 Å². The van der Waals surface area contributed by atoms with E-state index in [2.05, 4.69) is 11.8 Å². The number of rotatable bonds is 2. The van der Waals surface area contributed by atoms with E-state index in [1.807, 2.05) is 0 Å². The highest BCUT2D eigenvalue weighted by Gasteiger charge is 2.32. The summed E-state index contributed by atoms with van der Waals surface area (Å²) in [5, 5.41) is 0. The van der Waals surface area contributed by atoms with Crippen LogP contribution in [0.25, 0.3) is 0 Å². The summed E-state index contributed by atoms with van der Waals surface area (Å²) in [6, 6.07) is 0.849. The molecular formula is C11H21NO. The molecule has 0 spiro atoms. The summed E-state index contributed by atoms with van der Waals surface area (Å²) in [4.78, 5) is 2.69. The first kappa shape index (κ1) is 9.47. The maximum Gasteiger partial charge on any atom is 0.0509 e. The maximum absolute atomic E-state index is 5.54. The molecule has 2 nitrogen and oxygen atoms in total. The molecule has 0 aromatic carbocycles. The van der Waals surface area contributed by atoms with Crippen LogP contribution >= 0.6 is 0 Å². The largest absolute Gasteiger partial charge is 0.381 e. The first-order valence-corrected chi connectivity index (χ1v) is 5.73. The van der Waals surface area contributed by atoms with Crippen LogP contribution in [0.2, 0.25) is 0 Å². The Morgan fingerprint density at radius 1 is 1.38 bits per heavy atom. The van der Waals surface area contributed by atoms with E-state index in [4.69, 9.17) is 4.74 Å². The minimum Gasteiger partial charge on any atom is -0.381 e. The molecule has 0 saturated carbocycles. The lowest BCUT2D eigenvalue weighted by Crippen LogP contribution is -2.49. The molecule has 2 aliphatic heterocycles. The van der Waals surface area contributed by atoms with Crippen molar-refractivity contribution >= 4 is 0 Å². The van der Waals surface area contributed by atoms with Gasteiger partial charge in [-0.1, -0.05) is 6.92 Å². The summed E-state index contributed by atoms with van der Waals surface area (Å²) in [5.74, 6) is 0.842. The van der Waals surface area contributed by atoms with Gasteiger partial charge in [-0.3, -0.25) is 4.90 Å². The normalized spacial score (nSPS) is 35.8. The van der Waals surface area contributed by atoms with E-state index < -0.39 is 0 Å². The third kappa shape index (κ3) is 2.05. The van der Waals surface area contributed by atoms with Gasteiger partial charge in [0, 0.05) is 12.6 Å². The van der Waals surface area contributed by atoms with Crippen LogP contribution in [-0.4, -0.2) is 37.2 Å². The summed E-state index contributed by atoms with van der Waals surface area (Å²) in [6.07, 6.45) is 5.34. The molecule has 0 aromatic heterocycles. The predicted molar refractivity (Wildman–Crippen MR) is 53.8 cm³/mol. The molecular weight excluding hydrogens is 162 g/mol. The summed E-state index contributed by atoms with van der Waals surface area (Å²) < 4.78 is 5.54. The fourth-order valence-electron chi connectivity index (χ4n) is 2.83. The van der Waals surface area contributed by atoms with Crippen molar-refractivity contribution in [1.29, 1.82) is 0 Å². The van der Waals surface area contributed by atoms with Crippen LogP contribution in [0.3, 0.4) is 0 Å². The van der Waals surface area contributed by atoms with Gasteiger partial charge in [0.2, 0.25) is 0 Å². The fraction of sp³-hybridized carbons (Fsp3) is 1.00. The Bertz CT molecular complexity index is 156. The molecule has 2 aliphatic rings. The topological polar surface area (TPSA) is 12.5 Å². The van der Waals surface area contributed by atoms with Crippen LogP contribution in [0.5, 0.6) is 0 Å². The van der Waals surface area contributed by atoms with Crippen molar-refractivity contribution < 1.29 is 4.74 Å². The van der Waals surface area contributed by atoms with Crippen LogP contribution < -0.4 is 0 Å². The van der Waals surface area contributed by atoms with E-state index in [1.165, 1.54) is 38.8 Å². The van der Waals surface area contributed by atoms with Gasteiger partial charge in [0.25, 0.3) is 0 Å². The van der Waals surface area contributed by atoms with E-state index in [1.54, 1.807) is 0 Å². The Balaban J connectivity index is 1.94. The zero-order valence-corrected chi connectivity index (χ0v) is 8.67. The second kappa shape index (κ2) is 4.43. The van der Waals surface area contributed by atoms with Gasteiger partial charge in [0.05, 0.1) is 6.61 Å². The van der Waals surface area contributed by atoms with Crippen molar-refractivity contribution in [2.45, 2.75) is 38.6 Å². The van der Waals surface area contributed by atoms with Crippen molar-refractivity contribution in [2.24, 2.45) is 5.92 Å². The average molecular weight is 183 g/mol. The van der Waals surface area contributed by atoms with E-state index in [-0.39, 0.29) is 0 Å². The number of nitrogens with zero attached hydrogens (tertiary/aromatic N) is 1. The molecule has 0 aromatic rings. The highest BCUT2D eigenvalue weighted by molar-refractivity contribution is 4.86. The van der Waals surface area contributed by atoms with Gasteiger partial charge in [0.1, 0.15) is 0 Å². The number of likely N-dealkylation sites (tertiary alicyclic amines) is 1. The molecule has 2 rings (SSSR count). The van der Waals surface area contributed by atoms with Gasteiger partial charge in [-0.2, -0.15) is 0 Å². The summed E-state index contributed by atoms with van der Waals surface area (Å²) >= 11 is 0. The first-order chi connectivity index (χ1) is 6.42. The van der Waals surface area contributed by atoms with Gasteiger partial charge in [-0.25, -0.2) is 0 Å². The Morgan fingerprint density at radius 2 is 2.31 bits per heavy atom. The minimum atomic E-state index is 0.842. The minimum absolute atomic E-state index is 0.842. The summed E-state index contributed by atoms with van der Waals surface area (Å²) in [6.45, 7) is 6.91. The van der Waals surface area contributed by atoms with Gasteiger partial charge < -0.3 is 4.74 Å². The highest BCUT2D eigenvalue weighted by Crippen LogP contribution is 2.29. The molecule has 2 heterocycles. The predicted octanol–water partition coefficient (Wildman–Crippen LogP) is 1.90. The molecule has 0 unspecified atom stereocenters. The standard InChI is InChI=1S/C11H21NO/c1-2-6-12-7-3-4-10-9-13-8-5-11(10)12/h10-11H,2-9H2,1H3/t10-,11+/m0/s1. The molecule has 76 valence electrons. The third-order valence-electron chi connectivity index (χ3n) is 3.43. The van der Waals surface area contributed by atoms with E-state index >= 15 is 0 Å².